The van der Waals surface area contributed by atoms with Gasteiger partial charge in [0, 0.05) is 26.2 Å². The Morgan fingerprint density at radius 2 is 1.82 bits per heavy atom. The van der Waals surface area contributed by atoms with Crippen molar-refractivity contribution in [2.24, 2.45) is 0 Å². The zero-order valence-electron chi connectivity index (χ0n) is 15.7. The smallest absolute Gasteiger partial charge is 0.289 e. The fourth-order valence-electron chi connectivity index (χ4n) is 2.97. The zero-order valence-corrected chi connectivity index (χ0v) is 15.7. The summed E-state index contributed by atoms with van der Waals surface area (Å²) >= 11 is 0. The predicted molar refractivity (Wildman–Crippen MR) is 105 cm³/mol. The summed E-state index contributed by atoms with van der Waals surface area (Å²) in [6, 6.07) is 15.2. The number of nitrogens with one attached hydrogen (secondary N) is 2. The molecule has 3 N–H and O–H groups in total. The number of amides is 3. The molecule has 0 aromatic heterocycles. The maximum atomic E-state index is 12.3. The minimum Gasteiger partial charge on any atom is -0.503 e. The van der Waals surface area contributed by atoms with Crippen LogP contribution in [0.15, 0.2) is 59.9 Å². The van der Waals surface area contributed by atoms with Gasteiger partial charge in [-0.05, 0) is 34.9 Å². The number of rotatable bonds is 5. The number of likely N-dealkylation sites (N-methyl/N-ethyl adjacent to an activating group) is 1. The third-order valence-corrected chi connectivity index (χ3v) is 4.42. The Morgan fingerprint density at radius 1 is 1.11 bits per heavy atom. The van der Waals surface area contributed by atoms with Crippen LogP contribution in [0, 0.1) is 0 Å². The Labute approximate surface area is 162 Å². The van der Waals surface area contributed by atoms with E-state index in [4.69, 9.17) is 0 Å². The lowest BCUT2D eigenvalue weighted by Gasteiger charge is -2.10. The van der Waals surface area contributed by atoms with Gasteiger partial charge in [-0.2, -0.15) is 0 Å². The fraction of sp³-hybridized carbons (Fsp3) is 0.190. The van der Waals surface area contributed by atoms with Crippen molar-refractivity contribution in [2.45, 2.75) is 13.5 Å². The number of carbonyl (C=O) groups is 3. The van der Waals surface area contributed by atoms with Gasteiger partial charge in [-0.25, -0.2) is 0 Å². The lowest BCUT2D eigenvalue weighted by Crippen LogP contribution is -2.27. The summed E-state index contributed by atoms with van der Waals surface area (Å²) in [7, 11) is 1.53. The van der Waals surface area contributed by atoms with Gasteiger partial charge < -0.3 is 20.6 Å². The zero-order chi connectivity index (χ0) is 20.3. The molecule has 3 amide bonds. The molecule has 7 nitrogen and oxygen atoms in total. The quantitative estimate of drug-likeness (QED) is 0.742. The van der Waals surface area contributed by atoms with E-state index < -0.39 is 17.6 Å². The van der Waals surface area contributed by atoms with Crippen molar-refractivity contribution < 1.29 is 19.5 Å². The Hall–Kier alpha value is -3.61. The van der Waals surface area contributed by atoms with E-state index in [1.165, 1.54) is 18.9 Å². The molecule has 28 heavy (non-hydrogen) atoms. The van der Waals surface area contributed by atoms with Crippen molar-refractivity contribution in [1.82, 2.24) is 10.2 Å². The van der Waals surface area contributed by atoms with Crippen molar-refractivity contribution in [3.8, 4) is 11.1 Å². The summed E-state index contributed by atoms with van der Waals surface area (Å²) in [4.78, 5) is 36.2. The molecule has 144 valence electrons. The van der Waals surface area contributed by atoms with Crippen molar-refractivity contribution >= 4 is 23.4 Å². The van der Waals surface area contributed by atoms with E-state index in [0.717, 1.165) is 22.4 Å². The first-order valence-electron chi connectivity index (χ1n) is 8.78. The number of benzene rings is 2. The molecule has 0 bridgehead atoms. The second-order valence-electron chi connectivity index (χ2n) is 6.63. The topological polar surface area (TPSA) is 98.7 Å². The number of hydrogen-bond donors (Lipinski definition) is 3. The van der Waals surface area contributed by atoms with Crippen LogP contribution in [0.4, 0.5) is 5.69 Å². The molecule has 0 unspecified atom stereocenters. The summed E-state index contributed by atoms with van der Waals surface area (Å²) < 4.78 is 0. The molecule has 0 saturated carbocycles. The van der Waals surface area contributed by atoms with Gasteiger partial charge in [0.1, 0.15) is 0 Å². The number of hydrogen-bond acceptors (Lipinski definition) is 4. The van der Waals surface area contributed by atoms with E-state index in [1.54, 1.807) is 0 Å². The van der Waals surface area contributed by atoms with Crippen LogP contribution >= 0.6 is 0 Å². The van der Waals surface area contributed by atoms with Crippen molar-refractivity contribution in [3.05, 3.63) is 65.4 Å². The van der Waals surface area contributed by atoms with Crippen LogP contribution in [0.1, 0.15) is 12.5 Å². The highest BCUT2D eigenvalue weighted by molar-refractivity contribution is 6.06. The van der Waals surface area contributed by atoms with Crippen molar-refractivity contribution in [2.75, 3.05) is 18.9 Å². The van der Waals surface area contributed by atoms with E-state index in [-0.39, 0.29) is 24.6 Å². The van der Waals surface area contributed by atoms with Crippen LogP contribution in [-0.4, -0.2) is 41.3 Å². The average Bonchev–Trinajstić information content (AvgIpc) is 2.94. The van der Waals surface area contributed by atoms with Crippen LogP contribution in [0.3, 0.4) is 0 Å². The molecule has 3 rings (SSSR count). The van der Waals surface area contributed by atoms with Gasteiger partial charge >= 0.3 is 0 Å². The third-order valence-electron chi connectivity index (χ3n) is 4.42. The minimum atomic E-state index is -0.546. The van der Waals surface area contributed by atoms with Gasteiger partial charge in [0.15, 0.2) is 5.76 Å². The number of aliphatic hydroxyl groups is 1. The maximum Gasteiger partial charge on any atom is 0.289 e. The fourth-order valence-corrected chi connectivity index (χ4v) is 2.97. The molecule has 0 spiro atoms. The Kier molecular flexibility index (Phi) is 5.44. The van der Waals surface area contributed by atoms with Gasteiger partial charge in [-0.15, -0.1) is 0 Å². The highest BCUT2D eigenvalue weighted by Crippen LogP contribution is 2.23. The first-order valence-corrected chi connectivity index (χ1v) is 8.78. The van der Waals surface area contributed by atoms with Crippen LogP contribution in [0.2, 0.25) is 0 Å². The largest absolute Gasteiger partial charge is 0.503 e. The number of anilines is 1. The first-order chi connectivity index (χ1) is 13.3. The molecule has 7 heteroatoms. The Bertz CT molecular complexity index is 964. The second-order valence-corrected chi connectivity index (χ2v) is 6.63. The lowest BCUT2D eigenvalue weighted by molar-refractivity contribution is -0.126. The minimum absolute atomic E-state index is 0.0808. The summed E-state index contributed by atoms with van der Waals surface area (Å²) in [5.41, 5.74) is 3.64. The average molecular weight is 379 g/mol. The van der Waals surface area contributed by atoms with Crippen molar-refractivity contribution in [1.29, 1.82) is 0 Å². The van der Waals surface area contributed by atoms with E-state index in [0.29, 0.717) is 0 Å². The van der Waals surface area contributed by atoms with Gasteiger partial charge in [-0.1, -0.05) is 30.3 Å². The number of carbonyl (C=O) groups excluding carboxylic acids is 3. The van der Waals surface area contributed by atoms with Gasteiger partial charge in [0.2, 0.25) is 5.91 Å². The first kappa shape index (κ1) is 19.2. The number of aliphatic hydroxyl groups excluding tert-OH is 1. The molecule has 0 fully saturated rings. The van der Waals surface area contributed by atoms with Crippen LogP contribution in [0.25, 0.3) is 11.1 Å². The van der Waals surface area contributed by atoms with E-state index in [1.807, 2.05) is 48.5 Å². The molecule has 0 atom stereocenters. The van der Waals surface area contributed by atoms with Crippen LogP contribution in [-0.2, 0) is 20.9 Å². The predicted octanol–water partition coefficient (Wildman–Crippen LogP) is 2.21. The van der Waals surface area contributed by atoms with Crippen LogP contribution < -0.4 is 10.6 Å². The Morgan fingerprint density at radius 3 is 2.43 bits per heavy atom. The summed E-state index contributed by atoms with van der Waals surface area (Å²) in [5, 5.41) is 15.2. The van der Waals surface area contributed by atoms with Gasteiger partial charge in [0.25, 0.3) is 11.8 Å². The van der Waals surface area contributed by atoms with E-state index in [9.17, 15) is 19.5 Å². The number of nitrogens with zero attached hydrogens (tertiary/aromatic N) is 1. The molecule has 2 aromatic carbocycles. The molecule has 1 aliphatic heterocycles. The van der Waals surface area contributed by atoms with Gasteiger partial charge in [-0.3, -0.25) is 14.4 Å². The second kappa shape index (κ2) is 7.96. The third kappa shape index (κ3) is 4.20. The maximum absolute atomic E-state index is 12.3. The molecular weight excluding hydrogens is 358 g/mol. The summed E-state index contributed by atoms with van der Waals surface area (Å²) in [6.07, 6.45) is 0. The van der Waals surface area contributed by atoms with E-state index >= 15 is 0 Å². The summed E-state index contributed by atoms with van der Waals surface area (Å²) in [6.45, 7) is 1.82. The SMILES string of the molecule is CC(=O)Nc1ccc(-c2cccc(CNC(=O)C3=C(O)C(=O)N(C)C3)c2)cc1. The molecule has 0 aliphatic carbocycles. The highest BCUT2D eigenvalue weighted by Gasteiger charge is 2.31. The molecule has 2 aromatic rings. The standard InChI is InChI=1S/C21H21N3O4/c1-13(25)23-17-8-6-15(7-9-17)16-5-3-4-14(10-16)11-22-20(27)18-12-24(2)21(28)19(18)26/h3-10,26H,11-12H2,1-2H3,(H,22,27)(H,23,25). The van der Waals surface area contributed by atoms with Crippen molar-refractivity contribution in [3.63, 3.8) is 0 Å². The summed E-state index contributed by atoms with van der Waals surface area (Å²) in [5.74, 6) is -1.62. The van der Waals surface area contributed by atoms with Gasteiger partial charge in [0.05, 0.1) is 12.1 Å². The van der Waals surface area contributed by atoms with Crippen LogP contribution in [0.5, 0.6) is 0 Å². The highest BCUT2D eigenvalue weighted by atomic mass is 16.3. The molecule has 1 heterocycles. The normalized spacial score (nSPS) is 13.6. The monoisotopic (exact) mass is 379 g/mol. The Balaban J connectivity index is 1.68. The van der Waals surface area contributed by atoms with E-state index in [2.05, 4.69) is 10.6 Å². The molecule has 1 aliphatic rings. The molecule has 0 radical (unpaired) electrons. The molecule has 0 saturated heterocycles. The lowest BCUT2D eigenvalue weighted by atomic mass is 10.0. The molecular formula is C21H21N3O4.